The van der Waals surface area contributed by atoms with Crippen molar-refractivity contribution >= 4 is 5.71 Å². The van der Waals surface area contributed by atoms with Gasteiger partial charge in [-0.15, -0.1) is 0 Å². The van der Waals surface area contributed by atoms with E-state index in [1.165, 1.54) is 57.1 Å². The Morgan fingerprint density at radius 3 is 2.47 bits per heavy atom. The SMILES string of the molecule is CCCCCCC(CCCC)C1=NCC=C1OCC. The van der Waals surface area contributed by atoms with Crippen LogP contribution in [0.15, 0.2) is 16.8 Å². The van der Waals surface area contributed by atoms with Crippen molar-refractivity contribution < 1.29 is 4.74 Å². The summed E-state index contributed by atoms with van der Waals surface area (Å²) in [6.07, 6.45) is 12.6. The average molecular weight is 265 g/mol. The highest BCUT2D eigenvalue weighted by Gasteiger charge is 2.22. The van der Waals surface area contributed by atoms with E-state index in [2.05, 4.69) is 31.8 Å². The molecular weight excluding hydrogens is 234 g/mol. The number of nitrogens with zero attached hydrogens (tertiary/aromatic N) is 1. The van der Waals surface area contributed by atoms with Gasteiger partial charge in [0.05, 0.1) is 18.9 Å². The molecule has 0 saturated carbocycles. The van der Waals surface area contributed by atoms with Gasteiger partial charge in [-0.1, -0.05) is 52.4 Å². The summed E-state index contributed by atoms with van der Waals surface area (Å²) in [5, 5.41) is 0. The van der Waals surface area contributed by atoms with Crippen LogP contribution in [0, 0.1) is 5.92 Å². The Balaban J connectivity index is 2.50. The van der Waals surface area contributed by atoms with Gasteiger partial charge in [0.1, 0.15) is 5.76 Å². The minimum absolute atomic E-state index is 0.622. The van der Waals surface area contributed by atoms with Crippen LogP contribution in [0.3, 0.4) is 0 Å². The molecule has 0 aromatic heterocycles. The molecule has 0 saturated heterocycles. The van der Waals surface area contributed by atoms with Gasteiger partial charge in [0.25, 0.3) is 0 Å². The first kappa shape index (κ1) is 16.3. The Morgan fingerprint density at radius 1 is 1.05 bits per heavy atom. The van der Waals surface area contributed by atoms with E-state index >= 15 is 0 Å². The molecule has 0 aromatic rings. The normalized spacial score (nSPS) is 16.2. The molecule has 0 fully saturated rings. The topological polar surface area (TPSA) is 21.6 Å². The molecule has 2 heteroatoms. The lowest BCUT2D eigenvalue weighted by atomic mass is 9.90. The minimum Gasteiger partial charge on any atom is -0.492 e. The van der Waals surface area contributed by atoms with Crippen molar-refractivity contribution in [2.75, 3.05) is 13.2 Å². The van der Waals surface area contributed by atoms with Crippen molar-refractivity contribution in [2.45, 2.75) is 72.1 Å². The Kier molecular flexibility index (Phi) is 8.61. The van der Waals surface area contributed by atoms with E-state index < -0.39 is 0 Å². The number of allylic oxidation sites excluding steroid dienone is 1. The van der Waals surface area contributed by atoms with Crippen LogP contribution in [-0.4, -0.2) is 18.9 Å². The zero-order valence-electron chi connectivity index (χ0n) is 13.1. The van der Waals surface area contributed by atoms with Gasteiger partial charge in [-0.25, -0.2) is 0 Å². The molecule has 0 N–H and O–H groups in total. The maximum absolute atomic E-state index is 5.73. The van der Waals surface area contributed by atoms with E-state index in [9.17, 15) is 0 Å². The van der Waals surface area contributed by atoms with Gasteiger partial charge in [-0.2, -0.15) is 0 Å². The van der Waals surface area contributed by atoms with Gasteiger partial charge in [0.15, 0.2) is 0 Å². The number of ether oxygens (including phenoxy) is 1. The maximum Gasteiger partial charge on any atom is 0.138 e. The summed E-state index contributed by atoms with van der Waals surface area (Å²) >= 11 is 0. The Morgan fingerprint density at radius 2 is 1.79 bits per heavy atom. The predicted octanol–water partition coefficient (Wildman–Crippen LogP) is 5.14. The lowest BCUT2D eigenvalue weighted by Crippen LogP contribution is -2.17. The van der Waals surface area contributed by atoms with E-state index in [4.69, 9.17) is 4.74 Å². The third-order valence-electron chi connectivity index (χ3n) is 3.79. The first-order valence-electron chi connectivity index (χ1n) is 8.21. The summed E-state index contributed by atoms with van der Waals surface area (Å²) in [4.78, 5) is 4.69. The molecule has 19 heavy (non-hydrogen) atoms. The number of unbranched alkanes of at least 4 members (excludes halogenated alkanes) is 4. The molecule has 110 valence electrons. The Bertz CT molecular complexity index is 294. The molecule has 1 rings (SSSR count). The third kappa shape index (κ3) is 5.80. The summed E-state index contributed by atoms with van der Waals surface area (Å²) in [5.74, 6) is 1.69. The van der Waals surface area contributed by atoms with Gasteiger partial charge in [-0.3, -0.25) is 4.99 Å². The van der Waals surface area contributed by atoms with E-state index in [0.29, 0.717) is 5.92 Å². The summed E-state index contributed by atoms with van der Waals surface area (Å²) in [6.45, 7) is 8.16. The first-order valence-corrected chi connectivity index (χ1v) is 8.21. The molecule has 1 aliphatic heterocycles. The number of rotatable bonds is 11. The standard InChI is InChI=1S/C17H31NO/c1-4-7-9-10-12-15(11-8-5-2)17-16(19-6-3)13-14-18-17/h13,15H,4-12,14H2,1-3H3. The van der Waals surface area contributed by atoms with Crippen LogP contribution in [0.2, 0.25) is 0 Å². The largest absolute Gasteiger partial charge is 0.492 e. The lowest BCUT2D eigenvalue weighted by Gasteiger charge is -2.19. The van der Waals surface area contributed by atoms with Crippen LogP contribution in [0.25, 0.3) is 0 Å². The molecule has 0 radical (unpaired) electrons. The average Bonchev–Trinajstić information content (AvgIpc) is 2.87. The van der Waals surface area contributed by atoms with Crippen LogP contribution in [0.5, 0.6) is 0 Å². The molecule has 0 spiro atoms. The molecule has 1 unspecified atom stereocenters. The van der Waals surface area contributed by atoms with Crippen LogP contribution in [0.4, 0.5) is 0 Å². The van der Waals surface area contributed by atoms with Crippen LogP contribution >= 0.6 is 0 Å². The van der Waals surface area contributed by atoms with Gasteiger partial charge in [0.2, 0.25) is 0 Å². The van der Waals surface area contributed by atoms with Gasteiger partial charge in [-0.05, 0) is 25.8 Å². The van der Waals surface area contributed by atoms with Crippen LogP contribution < -0.4 is 0 Å². The van der Waals surface area contributed by atoms with Crippen LogP contribution in [-0.2, 0) is 4.74 Å². The second kappa shape index (κ2) is 10.1. The molecule has 1 aliphatic rings. The lowest BCUT2D eigenvalue weighted by molar-refractivity contribution is 0.247. The first-order chi connectivity index (χ1) is 9.33. The van der Waals surface area contributed by atoms with Crippen molar-refractivity contribution in [1.29, 1.82) is 0 Å². The highest BCUT2D eigenvalue weighted by atomic mass is 16.5. The van der Waals surface area contributed by atoms with Crippen molar-refractivity contribution in [1.82, 2.24) is 0 Å². The molecule has 2 nitrogen and oxygen atoms in total. The Labute approximate surface area is 119 Å². The predicted molar refractivity (Wildman–Crippen MR) is 83.8 cm³/mol. The molecular formula is C17H31NO. The molecule has 0 aliphatic carbocycles. The third-order valence-corrected chi connectivity index (χ3v) is 3.79. The quantitative estimate of drug-likeness (QED) is 0.474. The van der Waals surface area contributed by atoms with E-state index in [1.54, 1.807) is 0 Å². The van der Waals surface area contributed by atoms with Gasteiger partial charge in [0, 0.05) is 5.92 Å². The molecule has 1 atom stereocenters. The second-order valence-corrected chi connectivity index (χ2v) is 5.42. The Hall–Kier alpha value is -0.790. The second-order valence-electron chi connectivity index (χ2n) is 5.42. The fourth-order valence-electron chi connectivity index (χ4n) is 2.71. The smallest absolute Gasteiger partial charge is 0.138 e. The van der Waals surface area contributed by atoms with Gasteiger partial charge < -0.3 is 4.74 Å². The number of hydrogen-bond donors (Lipinski definition) is 0. The summed E-state index contributed by atoms with van der Waals surface area (Å²) < 4.78 is 5.73. The van der Waals surface area contributed by atoms with Crippen molar-refractivity contribution in [3.63, 3.8) is 0 Å². The molecule has 0 bridgehead atoms. The summed E-state index contributed by atoms with van der Waals surface area (Å²) in [5.41, 5.74) is 1.26. The van der Waals surface area contributed by atoms with E-state index in [0.717, 1.165) is 18.9 Å². The fourth-order valence-corrected chi connectivity index (χ4v) is 2.71. The van der Waals surface area contributed by atoms with Crippen molar-refractivity contribution in [2.24, 2.45) is 10.9 Å². The molecule has 1 heterocycles. The molecule has 0 aromatic carbocycles. The van der Waals surface area contributed by atoms with Crippen molar-refractivity contribution in [3.05, 3.63) is 11.8 Å². The maximum atomic E-state index is 5.73. The van der Waals surface area contributed by atoms with E-state index in [1.807, 2.05) is 0 Å². The summed E-state index contributed by atoms with van der Waals surface area (Å²) in [6, 6.07) is 0. The van der Waals surface area contributed by atoms with Crippen molar-refractivity contribution in [3.8, 4) is 0 Å². The monoisotopic (exact) mass is 265 g/mol. The fraction of sp³-hybridized carbons (Fsp3) is 0.824. The number of aliphatic imine (C=N–C) groups is 1. The summed E-state index contributed by atoms with van der Waals surface area (Å²) in [7, 11) is 0. The highest BCUT2D eigenvalue weighted by molar-refractivity contribution is 6.01. The zero-order chi connectivity index (χ0) is 13.9. The van der Waals surface area contributed by atoms with E-state index in [-0.39, 0.29) is 0 Å². The van der Waals surface area contributed by atoms with Gasteiger partial charge >= 0.3 is 0 Å². The number of hydrogen-bond acceptors (Lipinski definition) is 2. The van der Waals surface area contributed by atoms with Crippen LogP contribution in [0.1, 0.15) is 72.1 Å². The minimum atomic E-state index is 0.622. The molecule has 0 amide bonds. The zero-order valence-corrected chi connectivity index (χ0v) is 13.1. The highest BCUT2D eigenvalue weighted by Crippen LogP contribution is 2.25.